The Morgan fingerprint density at radius 1 is 0.679 bits per heavy atom. The molecule has 2 heterocycles. The predicted molar refractivity (Wildman–Crippen MR) is 111 cm³/mol. The van der Waals surface area contributed by atoms with E-state index in [4.69, 9.17) is 9.47 Å². The zero-order valence-corrected chi connectivity index (χ0v) is 18.5. The molecule has 0 aliphatic carbocycles. The Labute approximate surface area is 168 Å². The summed E-state index contributed by atoms with van der Waals surface area (Å²) in [7, 11) is 0. The number of esters is 2. The van der Waals surface area contributed by atoms with Crippen LogP contribution in [0.4, 0.5) is 0 Å². The van der Waals surface area contributed by atoms with Gasteiger partial charge in [0.05, 0.1) is 13.2 Å². The molecule has 6 nitrogen and oxygen atoms in total. The van der Waals surface area contributed by atoms with Crippen molar-refractivity contribution in [2.75, 3.05) is 13.2 Å². The van der Waals surface area contributed by atoms with Crippen molar-refractivity contribution < 1.29 is 19.1 Å². The highest BCUT2D eigenvalue weighted by atomic mass is 16.5. The number of ether oxygens (including phenoxy) is 2. The number of aromatic nitrogens is 2. The van der Waals surface area contributed by atoms with Crippen LogP contribution in [0.1, 0.15) is 82.3 Å². The Hall–Kier alpha value is -2.50. The number of carbonyl (C=O) groups is 2. The van der Waals surface area contributed by atoms with Crippen LogP contribution in [-0.4, -0.2) is 35.1 Å². The molecule has 0 aliphatic rings. The summed E-state index contributed by atoms with van der Waals surface area (Å²) < 4.78 is 9.90. The summed E-state index contributed by atoms with van der Waals surface area (Å²) >= 11 is 0. The van der Waals surface area contributed by atoms with E-state index in [2.05, 4.69) is 23.8 Å². The van der Waals surface area contributed by atoms with E-state index in [0.717, 1.165) is 35.4 Å². The Balaban J connectivity index is 0.000000280. The van der Waals surface area contributed by atoms with Crippen LogP contribution in [-0.2, 0) is 22.3 Å². The van der Waals surface area contributed by atoms with Crippen molar-refractivity contribution in [3.63, 3.8) is 0 Å². The molecule has 156 valence electrons. The fourth-order valence-electron chi connectivity index (χ4n) is 3.45. The minimum absolute atomic E-state index is 0.257. The van der Waals surface area contributed by atoms with Crippen LogP contribution < -0.4 is 0 Å². The SMILES string of the molecule is CCOC(=O)c1[nH]c(C)c(CC)c1C.CCOC(=O)c1[nH]c(C)c(CC)c1C. The molecule has 0 aliphatic heterocycles. The highest BCUT2D eigenvalue weighted by Crippen LogP contribution is 2.19. The number of hydrogen-bond acceptors (Lipinski definition) is 4. The average Bonchev–Trinajstić information content (AvgIpc) is 3.10. The van der Waals surface area contributed by atoms with Crippen molar-refractivity contribution in [2.45, 2.75) is 68.2 Å². The van der Waals surface area contributed by atoms with Gasteiger partial charge >= 0.3 is 11.9 Å². The summed E-state index contributed by atoms with van der Waals surface area (Å²) in [6.45, 7) is 16.5. The molecule has 2 aromatic rings. The first-order valence-corrected chi connectivity index (χ1v) is 9.93. The lowest BCUT2D eigenvalue weighted by molar-refractivity contribution is 0.0509. The van der Waals surface area contributed by atoms with E-state index in [-0.39, 0.29) is 11.9 Å². The quantitative estimate of drug-likeness (QED) is 0.698. The summed E-state index contributed by atoms with van der Waals surface area (Å²) in [5, 5.41) is 0. The van der Waals surface area contributed by atoms with Gasteiger partial charge in [0.1, 0.15) is 11.4 Å². The fourth-order valence-corrected chi connectivity index (χ4v) is 3.45. The minimum atomic E-state index is -0.257. The molecular formula is C22H34N2O4. The van der Waals surface area contributed by atoms with Crippen molar-refractivity contribution in [3.8, 4) is 0 Å². The van der Waals surface area contributed by atoms with Crippen LogP contribution >= 0.6 is 0 Å². The number of hydrogen-bond donors (Lipinski definition) is 2. The normalized spacial score (nSPS) is 10.3. The standard InChI is InChI=1S/2C11H17NO2/c2*1-5-9-7(3)10(12-8(9)4)11(13)14-6-2/h2*12H,5-6H2,1-4H3. The van der Waals surface area contributed by atoms with Crippen molar-refractivity contribution in [1.29, 1.82) is 0 Å². The van der Waals surface area contributed by atoms with E-state index >= 15 is 0 Å². The lowest BCUT2D eigenvalue weighted by atomic mass is 10.1. The van der Waals surface area contributed by atoms with Crippen LogP contribution in [0.5, 0.6) is 0 Å². The fraction of sp³-hybridized carbons (Fsp3) is 0.545. The van der Waals surface area contributed by atoms with Gasteiger partial charge in [-0.15, -0.1) is 0 Å². The lowest BCUT2D eigenvalue weighted by Gasteiger charge is -2.00. The Morgan fingerprint density at radius 3 is 1.21 bits per heavy atom. The maximum Gasteiger partial charge on any atom is 0.355 e. The van der Waals surface area contributed by atoms with Gasteiger partial charge in [-0.1, -0.05) is 13.8 Å². The maximum atomic E-state index is 11.5. The third kappa shape index (κ3) is 5.27. The first-order chi connectivity index (χ1) is 13.2. The number of rotatable bonds is 6. The van der Waals surface area contributed by atoms with Crippen LogP contribution in [0.2, 0.25) is 0 Å². The zero-order valence-electron chi connectivity index (χ0n) is 18.5. The molecule has 0 unspecified atom stereocenters. The van der Waals surface area contributed by atoms with Gasteiger partial charge in [0.15, 0.2) is 0 Å². The average molecular weight is 391 g/mol. The molecule has 0 aromatic carbocycles. The molecule has 0 bridgehead atoms. The van der Waals surface area contributed by atoms with Gasteiger partial charge in [0, 0.05) is 11.4 Å². The summed E-state index contributed by atoms with van der Waals surface area (Å²) in [4.78, 5) is 29.1. The van der Waals surface area contributed by atoms with Crippen LogP contribution in [0.15, 0.2) is 0 Å². The highest BCUT2D eigenvalue weighted by molar-refractivity contribution is 5.90. The summed E-state index contributed by atoms with van der Waals surface area (Å²) in [5.41, 5.74) is 7.79. The van der Waals surface area contributed by atoms with Gasteiger partial charge in [-0.25, -0.2) is 9.59 Å². The van der Waals surface area contributed by atoms with E-state index in [1.807, 2.05) is 41.5 Å². The predicted octanol–water partition coefficient (Wildman–Crippen LogP) is 4.74. The second-order valence-corrected chi connectivity index (χ2v) is 6.61. The zero-order chi connectivity index (χ0) is 21.4. The molecule has 0 amide bonds. The van der Waals surface area contributed by atoms with E-state index < -0.39 is 0 Å². The molecule has 2 rings (SSSR count). The summed E-state index contributed by atoms with van der Waals surface area (Å²) in [5.74, 6) is -0.513. The third-order valence-corrected chi connectivity index (χ3v) is 4.85. The van der Waals surface area contributed by atoms with E-state index in [1.54, 1.807) is 0 Å². The van der Waals surface area contributed by atoms with Gasteiger partial charge in [0.2, 0.25) is 0 Å². The molecule has 2 N–H and O–H groups in total. The monoisotopic (exact) mass is 390 g/mol. The summed E-state index contributed by atoms with van der Waals surface area (Å²) in [6.07, 6.45) is 1.88. The Bertz CT molecular complexity index is 747. The molecule has 2 aromatic heterocycles. The minimum Gasteiger partial charge on any atom is -0.461 e. The summed E-state index contributed by atoms with van der Waals surface area (Å²) in [6, 6.07) is 0. The van der Waals surface area contributed by atoms with Crippen molar-refractivity contribution >= 4 is 11.9 Å². The Morgan fingerprint density at radius 2 is 1.00 bits per heavy atom. The Kier molecular flexibility index (Phi) is 9.03. The van der Waals surface area contributed by atoms with E-state index in [9.17, 15) is 9.59 Å². The topological polar surface area (TPSA) is 84.2 Å². The number of aromatic amines is 2. The molecule has 0 atom stereocenters. The van der Waals surface area contributed by atoms with Crippen LogP contribution in [0.3, 0.4) is 0 Å². The van der Waals surface area contributed by atoms with E-state index in [1.165, 1.54) is 11.1 Å². The molecule has 6 heteroatoms. The van der Waals surface area contributed by atoms with Gasteiger partial charge in [-0.3, -0.25) is 0 Å². The first-order valence-electron chi connectivity index (χ1n) is 9.93. The van der Waals surface area contributed by atoms with E-state index in [0.29, 0.717) is 24.6 Å². The number of nitrogens with one attached hydrogen (secondary N) is 2. The number of H-pyrrole nitrogens is 2. The van der Waals surface area contributed by atoms with Crippen LogP contribution in [0, 0.1) is 27.7 Å². The number of aryl methyl sites for hydroxylation is 2. The van der Waals surface area contributed by atoms with Crippen molar-refractivity contribution in [2.24, 2.45) is 0 Å². The van der Waals surface area contributed by atoms with Gasteiger partial charge in [-0.2, -0.15) is 0 Å². The molecule has 28 heavy (non-hydrogen) atoms. The van der Waals surface area contributed by atoms with Gasteiger partial charge in [0.25, 0.3) is 0 Å². The van der Waals surface area contributed by atoms with Gasteiger partial charge < -0.3 is 19.4 Å². The first kappa shape index (κ1) is 23.5. The van der Waals surface area contributed by atoms with Crippen molar-refractivity contribution in [3.05, 3.63) is 45.0 Å². The second-order valence-electron chi connectivity index (χ2n) is 6.61. The molecule has 0 saturated carbocycles. The molecule has 0 saturated heterocycles. The molecule has 0 spiro atoms. The second kappa shape index (κ2) is 10.7. The largest absolute Gasteiger partial charge is 0.461 e. The third-order valence-electron chi connectivity index (χ3n) is 4.85. The van der Waals surface area contributed by atoms with Crippen molar-refractivity contribution in [1.82, 2.24) is 9.97 Å². The number of carbonyl (C=O) groups excluding carboxylic acids is 2. The van der Waals surface area contributed by atoms with Gasteiger partial charge in [-0.05, 0) is 76.6 Å². The maximum absolute atomic E-state index is 11.5. The molecular weight excluding hydrogens is 356 g/mol. The molecule has 0 radical (unpaired) electrons. The lowest BCUT2D eigenvalue weighted by Crippen LogP contribution is -2.06. The van der Waals surface area contributed by atoms with Crippen LogP contribution in [0.25, 0.3) is 0 Å². The molecule has 0 fully saturated rings. The highest BCUT2D eigenvalue weighted by Gasteiger charge is 2.17. The smallest absolute Gasteiger partial charge is 0.355 e.